The third-order valence-electron chi connectivity index (χ3n) is 7.10. The summed E-state index contributed by atoms with van der Waals surface area (Å²) < 4.78 is 11.6. The number of rotatable bonds is 3. The molecule has 9 nitrogen and oxygen atoms in total. The number of aliphatic hydroxyl groups is 1. The fourth-order valence-electron chi connectivity index (χ4n) is 5.83. The van der Waals surface area contributed by atoms with Gasteiger partial charge in [-0.3, -0.25) is 4.79 Å². The van der Waals surface area contributed by atoms with Crippen molar-refractivity contribution in [2.24, 2.45) is 0 Å². The highest BCUT2D eigenvalue weighted by Gasteiger charge is 2.72. The van der Waals surface area contributed by atoms with E-state index in [0.717, 1.165) is 24.9 Å². The summed E-state index contributed by atoms with van der Waals surface area (Å²) in [5.41, 5.74) is 0.737. The molecule has 2 heterocycles. The van der Waals surface area contributed by atoms with Crippen LogP contribution < -0.4 is 9.47 Å². The highest BCUT2D eigenvalue weighted by Crippen LogP contribution is 2.64. The molecule has 1 aromatic carbocycles. The van der Waals surface area contributed by atoms with E-state index in [1.165, 1.54) is 5.56 Å². The van der Waals surface area contributed by atoms with Gasteiger partial charge in [0, 0.05) is 30.2 Å². The molecule has 9 heteroatoms. The Kier molecular flexibility index (Phi) is 5.06. The standard InChI is InChI=1S/C18H21NO4.C4H4O4/c1-19-8-7-17-14-10-3-4-12(22-2)15(14)23-16(17)11(20)5-6-18(17,21)13(19)9-10;5-3(6)1-2-4(7)8/h3-4,13,16,21H,5-9H2,1-2H3;1-2H,(H,5,6)(H,7,8)/b;2-1-/t13-,16+,17+,18-;/m1./s1. The van der Waals surface area contributed by atoms with Gasteiger partial charge in [-0.15, -0.1) is 0 Å². The van der Waals surface area contributed by atoms with Crippen molar-refractivity contribution in [3.8, 4) is 11.5 Å². The van der Waals surface area contributed by atoms with E-state index < -0.39 is 29.1 Å². The van der Waals surface area contributed by atoms with Crippen LogP contribution in [0.1, 0.15) is 30.4 Å². The molecule has 5 rings (SSSR count). The van der Waals surface area contributed by atoms with Crippen LogP contribution in [0.15, 0.2) is 24.3 Å². The Hall–Kier alpha value is -2.91. The number of carbonyl (C=O) groups is 3. The summed E-state index contributed by atoms with van der Waals surface area (Å²) in [6.07, 6.45) is 3.01. The number of Topliss-reactive ketones (excluding diaryl/α,β-unsaturated/α-hetero) is 1. The van der Waals surface area contributed by atoms with Gasteiger partial charge in [0.05, 0.1) is 18.1 Å². The zero-order valence-corrected chi connectivity index (χ0v) is 17.3. The summed E-state index contributed by atoms with van der Waals surface area (Å²) in [6.45, 7) is 0.871. The number of ether oxygens (including phenoxy) is 2. The van der Waals surface area contributed by atoms with Crippen LogP contribution in [0, 0.1) is 0 Å². The number of carbonyl (C=O) groups excluding carboxylic acids is 1. The van der Waals surface area contributed by atoms with Gasteiger partial charge in [-0.25, -0.2) is 9.59 Å². The third kappa shape index (κ3) is 2.95. The van der Waals surface area contributed by atoms with Crippen LogP contribution in [0.3, 0.4) is 0 Å². The topological polar surface area (TPSA) is 134 Å². The monoisotopic (exact) mass is 431 g/mol. The van der Waals surface area contributed by atoms with Crippen LogP contribution in [0.4, 0.5) is 0 Å². The molecular weight excluding hydrogens is 406 g/mol. The molecule has 166 valence electrons. The van der Waals surface area contributed by atoms with E-state index in [9.17, 15) is 19.5 Å². The molecule has 2 bridgehead atoms. The molecule has 4 aliphatic rings. The van der Waals surface area contributed by atoms with Crippen LogP contribution in [0.5, 0.6) is 11.5 Å². The van der Waals surface area contributed by atoms with Crippen molar-refractivity contribution in [2.75, 3.05) is 20.7 Å². The Balaban J connectivity index is 0.000000250. The first-order valence-electron chi connectivity index (χ1n) is 10.1. The highest BCUT2D eigenvalue weighted by atomic mass is 16.5. The summed E-state index contributed by atoms with van der Waals surface area (Å²) in [5, 5.41) is 27.4. The van der Waals surface area contributed by atoms with Crippen LogP contribution >= 0.6 is 0 Å². The van der Waals surface area contributed by atoms with Crippen LogP contribution in [0.2, 0.25) is 0 Å². The Morgan fingerprint density at radius 1 is 1.23 bits per heavy atom. The lowest BCUT2D eigenvalue weighted by atomic mass is 9.49. The molecule has 2 aliphatic carbocycles. The SMILES string of the molecule is COc1ccc2c3c1O[C@H]1C(=O)CC[C@@]4(O)[C@@H](C2)N(C)CC[C@]314.O=C(O)/C=C\C(=O)O. The second-order valence-corrected chi connectivity index (χ2v) is 8.45. The predicted octanol–water partition coefficient (Wildman–Crippen LogP) is 0.760. The number of hydrogen-bond donors (Lipinski definition) is 3. The first-order chi connectivity index (χ1) is 14.7. The lowest BCUT2D eigenvalue weighted by Crippen LogP contribution is -2.76. The maximum Gasteiger partial charge on any atom is 0.328 e. The minimum atomic E-state index is -1.26. The van der Waals surface area contributed by atoms with Gasteiger partial charge in [0.25, 0.3) is 0 Å². The summed E-state index contributed by atoms with van der Waals surface area (Å²) in [7, 11) is 3.70. The molecule has 2 aliphatic heterocycles. The first kappa shape index (κ1) is 21.3. The van der Waals surface area contributed by atoms with E-state index in [2.05, 4.69) is 18.0 Å². The zero-order chi connectivity index (χ0) is 22.6. The van der Waals surface area contributed by atoms with Gasteiger partial charge >= 0.3 is 11.9 Å². The number of methoxy groups -OCH3 is 1. The molecule has 1 spiro atoms. The normalized spacial score (nSPS) is 32.5. The molecule has 0 unspecified atom stereocenters. The Labute approximate surface area is 178 Å². The predicted molar refractivity (Wildman–Crippen MR) is 107 cm³/mol. The van der Waals surface area contributed by atoms with Crippen molar-refractivity contribution in [3.05, 3.63) is 35.4 Å². The van der Waals surface area contributed by atoms with Crippen molar-refractivity contribution in [1.29, 1.82) is 0 Å². The Bertz CT molecular complexity index is 972. The number of ketones is 1. The number of hydrogen-bond acceptors (Lipinski definition) is 7. The molecule has 0 radical (unpaired) electrons. The lowest BCUT2D eigenvalue weighted by molar-refractivity contribution is -0.185. The van der Waals surface area contributed by atoms with Gasteiger partial charge in [-0.1, -0.05) is 6.07 Å². The van der Waals surface area contributed by atoms with E-state index in [1.54, 1.807) is 7.11 Å². The summed E-state index contributed by atoms with van der Waals surface area (Å²) in [6, 6.07) is 4.05. The summed E-state index contributed by atoms with van der Waals surface area (Å²) in [5.74, 6) is -1.05. The molecule has 1 saturated carbocycles. The van der Waals surface area contributed by atoms with Crippen molar-refractivity contribution < 1.29 is 39.2 Å². The number of carboxylic acids is 2. The molecule has 0 amide bonds. The highest BCUT2D eigenvalue weighted by molar-refractivity contribution is 5.90. The maximum absolute atomic E-state index is 12.7. The molecule has 1 saturated heterocycles. The van der Waals surface area contributed by atoms with Crippen molar-refractivity contribution in [2.45, 2.75) is 48.8 Å². The molecular formula is C22H25NO8. The Morgan fingerprint density at radius 3 is 2.52 bits per heavy atom. The summed E-state index contributed by atoms with van der Waals surface area (Å²) in [4.78, 5) is 34.0. The molecule has 3 N–H and O–H groups in total. The largest absolute Gasteiger partial charge is 0.493 e. The van der Waals surface area contributed by atoms with E-state index in [-0.39, 0.29) is 11.8 Å². The van der Waals surface area contributed by atoms with Gasteiger partial charge in [-0.2, -0.15) is 0 Å². The molecule has 31 heavy (non-hydrogen) atoms. The van der Waals surface area contributed by atoms with E-state index in [4.69, 9.17) is 19.7 Å². The Morgan fingerprint density at radius 2 is 1.90 bits per heavy atom. The number of likely N-dealkylation sites (tertiary alicyclic amines) is 1. The lowest BCUT2D eigenvalue weighted by Gasteiger charge is -2.62. The van der Waals surface area contributed by atoms with Gasteiger partial charge < -0.3 is 29.7 Å². The third-order valence-corrected chi connectivity index (χ3v) is 7.10. The fourth-order valence-corrected chi connectivity index (χ4v) is 5.83. The molecule has 4 atom stereocenters. The smallest absolute Gasteiger partial charge is 0.328 e. The van der Waals surface area contributed by atoms with Crippen LogP contribution in [-0.4, -0.2) is 76.4 Å². The fraction of sp³-hybridized carbons (Fsp3) is 0.500. The van der Waals surface area contributed by atoms with E-state index in [0.29, 0.717) is 36.5 Å². The van der Waals surface area contributed by atoms with Crippen LogP contribution in [-0.2, 0) is 26.2 Å². The minimum absolute atomic E-state index is 0.0438. The van der Waals surface area contributed by atoms with Gasteiger partial charge in [0.1, 0.15) is 0 Å². The van der Waals surface area contributed by atoms with Gasteiger partial charge in [-0.05, 0) is 44.5 Å². The van der Waals surface area contributed by atoms with E-state index in [1.807, 2.05) is 6.07 Å². The number of likely N-dealkylation sites (N-methyl/N-ethyl adjacent to an activating group) is 1. The molecule has 1 aromatic rings. The molecule has 0 aromatic heterocycles. The number of piperidine rings is 1. The number of benzene rings is 1. The minimum Gasteiger partial charge on any atom is -0.493 e. The number of carboxylic acid groups (broad SMARTS) is 2. The zero-order valence-electron chi connectivity index (χ0n) is 17.3. The number of nitrogens with zero attached hydrogens (tertiary/aromatic N) is 1. The average molecular weight is 431 g/mol. The molecule has 2 fully saturated rings. The van der Waals surface area contributed by atoms with Gasteiger partial charge in [0.2, 0.25) is 0 Å². The van der Waals surface area contributed by atoms with Gasteiger partial charge in [0.15, 0.2) is 23.4 Å². The second kappa shape index (κ2) is 7.35. The number of aliphatic carboxylic acids is 2. The van der Waals surface area contributed by atoms with Crippen molar-refractivity contribution in [3.63, 3.8) is 0 Å². The first-order valence-corrected chi connectivity index (χ1v) is 10.1. The van der Waals surface area contributed by atoms with E-state index >= 15 is 0 Å². The quantitative estimate of drug-likeness (QED) is 0.593. The van der Waals surface area contributed by atoms with Crippen molar-refractivity contribution >= 4 is 17.7 Å². The van der Waals surface area contributed by atoms with Crippen molar-refractivity contribution in [1.82, 2.24) is 4.90 Å². The van der Waals surface area contributed by atoms with Crippen LogP contribution in [0.25, 0.3) is 0 Å². The second-order valence-electron chi connectivity index (χ2n) is 8.45. The summed E-state index contributed by atoms with van der Waals surface area (Å²) >= 11 is 0. The maximum atomic E-state index is 12.7. The average Bonchev–Trinajstić information content (AvgIpc) is 3.08.